The maximum atomic E-state index is 11.2. The molecule has 78 valence electrons. The number of rotatable bonds is 2. The molecule has 0 atom stereocenters. The Hall–Kier alpha value is -1.97. The van der Waals surface area contributed by atoms with Crippen molar-refractivity contribution in [3.63, 3.8) is 0 Å². The molecule has 1 aromatic carbocycles. The molecule has 2 rings (SSSR count). The third kappa shape index (κ3) is 1.66. The van der Waals surface area contributed by atoms with Crippen molar-refractivity contribution in [2.75, 3.05) is 14.2 Å². The Kier molecular flexibility index (Phi) is 2.33. The van der Waals surface area contributed by atoms with Gasteiger partial charge in [0.15, 0.2) is 0 Å². The Morgan fingerprint density at radius 3 is 2.60 bits per heavy atom. The van der Waals surface area contributed by atoms with Crippen LogP contribution in [0.15, 0.2) is 33.5 Å². The van der Waals surface area contributed by atoms with Gasteiger partial charge < -0.3 is 13.9 Å². The van der Waals surface area contributed by atoms with Crippen LogP contribution in [0, 0.1) is 0 Å². The first-order valence-electron chi connectivity index (χ1n) is 4.40. The Balaban J connectivity index is 2.78. The van der Waals surface area contributed by atoms with Crippen LogP contribution < -0.4 is 15.1 Å². The van der Waals surface area contributed by atoms with E-state index in [4.69, 9.17) is 13.9 Å². The number of methoxy groups -OCH3 is 2. The van der Waals surface area contributed by atoms with Crippen LogP contribution in [0.2, 0.25) is 0 Å². The van der Waals surface area contributed by atoms with Gasteiger partial charge in [-0.2, -0.15) is 0 Å². The van der Waals surface area contributed by atoms with Crippen LogP contribution in [0.1, 0.15) is 0 Å². The Bertz CT molecular complexity index is 542. The fourth-order valence-corrected chi connectivity index (χ4v) is 1.41. The lowest BCUT2D eigenvalue weighted by Crippen LogP contribution is -1.98. The number of ether oxygens (including phenoxy) is 2. The second-order valence-electron chi connectivity index (χ2n) is 3.00. The van der Waals surface area contributed by atoms with Crippen molar-refractivity contribution < 1.29 is 13.9 Å². The zero-order chi connectivity index (χ0) is 10.8. The maximum Gasteiger partial charge on any atom is 0.339 e. The summed E-state index contributed by atoms with van der Waals surface area (Å²) >= 11 is 0. The van der Waals surface area contributed by atoms with Crippen LogP contribution in [0.5, 0.6) is 11.5 Å². The average molecular weight is 206 g/mol. The molecule has 0 aliphatic carbocycles. The van der Waals surface area contributed by atoms with Gasteiger partial charge in [-0.3, -0.25) is 0 Å². The smallest absolute Gasteiger partial charge is 0.339 e. The number of hydrogen-bond donors (Lipinski definition) is 0. The third-order valence-electron chi connectivity index (χ3n) is 2.13. The fourth-order valence-electron chi connectivity index (χ4n) is 1.41. The van der Waals surface area contributed by atoms with Gasteiger partial charge in [-0.1, -0.05) is 0 Å². The molecule has 0 saturated carbocycles. The van der Waals surface area contributed by atoms with E-state index in [-0.39, 0.29) is 0 Å². The zero-order valence-electron chi connectivity index (χ0n) is 8.44. The van der Waals surface area contributed by atoms with Crippen molar-refractivity contribution in [1.29, 1.82) is 0 Å². The highest BCUT2D eigenvalue weighted by molar-refractivity contribution is 5.84. The van der Waals surface area contributed by atoms with Crippen molar-refractivity contribution in [1.82, 2.24) is 0 Å². The van der Waals surface area contributed by atoms with E-state index < -0.39 is 5.63 Å². The molecule has 0 spiro atoms. The summed E-state index contributed by atoms with van der Waals surface area (Å²) in [7, 11) is 3.07. The minimum atomic E-state index is -0.437. The SMILES string of the molecule is COc1ccc2c(OC)cc(=O)oc2c1. The molecule has 1 heterocycles. The van der Waals surface area contributed by atoms with Crippen LogP contribution in [0.25, 0.3) is 11.0 Å². The normalized spacial score (nSPS) is 10.3. The average Bonchev–Trinajstić information content (AvgIpc) is 2.26. The molecule has 0 bridgehead atoms. The molecule has 0 amide bonds. The third-order valence-corrected chi connectivity index (χ3v) is 2.13. The predicted octanol–water partition coefficient (Wildman–Crippen LogP) is 1.81. The van der Waals surface area contributed by atoms with Crippen molar-refractivity contribution >= 4 is 11.0 Å². The molecule has 0 radical (unpaired) electrons. The van der Waals surface area contributed by atoms with Crippen LogP contribution >= 0.6 is 0 Å². The zero-order valence-corrected chi connectivity index (χ0v) is 8.44. The van der Waals surface area contributed by atoms with E-state index in [9.17, 15) is 4.79 Å². The van der Waals surface area contributed by atoms with Crippen molar-refractivity contribution in [3.8, 4) is 11.5 Å². The summed E-state index contributed by atoms with van der Waals surface area (Å²) in [6, 6.07) is 6.54. The molecule has 2 aromatic rings. The number of hydrogen-bond acceptors (Lipinski definition) is 4. The van der Waals surface area contributed by atoms with Crippen LogP contribution in [0.4, 0.5) is 0 Å². The summed E-state index contributed by atoms with van der Waals surface area (Å²) < 4.78 is 15.1. The van der Waals surface area contributed by atoms with E-state index in [2.05, 4.69) is 0 Å². The van der Waals surface area contributed by atoms with Gasteiger partial charge >= 0.3 is 5.63 Å². The summed E-state index contributed by atoms with van der Waals surface area (Å²) in [5.41, 5.74) is 0.0197. The molecule has 0 fully saturated rings. The molecule has 4 nitrogen and oxygen atoms in total. The molecular weight excluding hydrogens is 196 g/mol. The molecule has 0 saturated heterocycles. The highest BCUT2D eigenvalue weighted by Crippen LogP contribution is 2.26. The van der Waals surface area contributed by atoms with Gasteiger partial charge in [0.25, 0.3) is 0 Å². The van der Waals surface area contributed by atoms with Crippen LogP contribution in [-0.2, 0) is 0 Å². The van der Waals surface area contributed by atoms with Gasteiger partial charge in [0, 0.05) is 6.07 Å². The number of benzene rings is 1. The molecule has 0 aliphatic rings. The Morgan fingerprint density at radius 1 is 1.13 bits per heavy atom. The van der Waals surface area contributed by atoms with Gasteiger partial charge in [0.2, 0.25) is 0 Å². The van der Waals surface area contributed by atoms with Crippen LogP contribution in [0.3, 0.4) is 0 Å². The lowest BCUT2D eigenvalue weighted by molar-refractivity contribution is 0.408. The van der Waals surface area contributed by atoms with E-state index in [0.717, 1.165) is 5.39 Å². The highest BCUT2D eigenvalue weighted by Gasteiger charge is 2.06. The molecule has 15 heavy (non-hydrogen) atoms. The maximum absolute atomic E-state index is 11.2. The Morgan fingerprint density at radius 2 is 1.93 bits per heavy atom. The summed E-state index contributed by atoms with van der Waals surface area (Å²) in [6.45, 7) is 0. The summed E-state index contributed by atoms with van der Waals surface area (Å²) in [4.78, 5) is 11.2. The second-order valence-corrected chi connectivity index (χ2v) is 3.00. The second kappa shape index (κ2) is 3.65. The first-order chi connectivity index (χ1) is 7.24. The summed E-state index contributed by atoms with van der Waals surface area (Å²) in [6.07, 6.45) is 0. The topological polar surface area (TPSA) is 48.7 Å². The lowest BCUT2D eigenvalue weighted by atomic mass is 10.2. The van der Waals surface area contributed by atoms with Gasteiger partial charge in [-0.25, -0.2) is 4.79 Å². The lowest BCUT2D eigenvalue weighted by Gasteiger charge is -2.04. The van der Waals surface area contributed by atoms with Crippen molar-refractivity contribution in [2.24, 2.45) is 0 Å². The molecular formula is C11H10O4. The van der Waals surface area contributed by atoms with Crippen molar-refractivity contribution in [3.05, 3.63) is 34.7 Å². The molecule has 0 N–H and O–H groups in total. The predicted molar refractivity (Wildman–Crippen MR) is 55.6 cm³/mol. The van der Waals surface area contributed by atoms with Gasteiger partial charge in [-0.05, 0) is 12.1 Å². The van der Waals surface area contributed by atoms with Gasteiger partial charge in [-0.15, -0.1) is 0 Å². The van der Waals surface area contributed by atoms with E-state index in [1.165, 1.54) is 13.2 Å². The minimum Gasteiger partial charge on any atom is -0.497 e. The van der Waals surface area contributed by atoms with E-state index in [1.807, 2.05) is 0 Å². The van der Waals surface area contributed by atoms with Gasteiger partial charge in [0.05, 0.1) is 25.7 Å². The van der Waals surface area contributed by atoms with Gasteiger partial charge in [0.1, 0.15) is 17.1 Å². The van der Waals surface area contributed by atoms with E-state index >= 15 is 0 Å². The monoisotopic (exact) mass is 206 g/mol. The summed E-state index contributed by atoms with van der Waals surface area (Å²) in [5.74, 6) is 1.14. The first kappa shape index (κ1) is 9.58. The molecule has 4 heteroatoms. The Labute approximate surface area is 86.0 Å². The first-order valence-corrected chi connectivity index (χ1v) is 4.40. The molecule has 0 aliphatic heterocycles. The highest BCUT2D eigenvalue weighted by atomic mass is 16.5. The largest absolute Gasteiger partial charge is 0.497 e. The molecule has 0 unspecified atom stereocenters. The minimum absolute atomic E-state index is 0.437. The standard InChI is InChI=1S/C11H10O4/c1-13-7-3-4-8-9(14-2)6-11(12)15-10(8)5-7/h3-6H,1-2H3. The summed E-state index contributed by atoms with van der Waals surface area (Å²) in [5, 5.41) is 0.748. The number of fused-ring (bicyclic) bond motifs is 1. The van der Waals surface area contributed by atoms with Crippen molar-refractivity contribution in [2.45, 2.75) is 0 Å². The quantitative estimate of drug-likeness (QED) is 0.703. The van der Waals surface area contributed by atoms with Crippen LogP contribution in [-0.4, -0.2) is 14.2 Å². The van der Waals surface area contributed by atoms with E-state index in [0.29, 0.717) is 17.1 Å². The molecule has 1 aromatic heterocycles. The fraction of sp³-hybridized carbons (Fsp3) is 0.182. The van der Waals surface area contributed by atoms with E-state index in [1.54, 1.807) is 25.3 Å².